The maximum Gasteiger partial charge on any atom is 0.410 e. The van der Waals surface area contributed by atoms with Gasteiger partial charge < -0.3 is 46.0 Å². The van der Waals surface area contributed by atoms with Crippen LogP contribution in [0.25, 0.3) is 0 Å². The highest BCUT2D eigenvalue weighted by molar-refractivity contribution is 6.38. The first kappa shape index (κ1) is 42.7. The predicted molar refractivity (Wildman–Crippen MR) is 189 cm³/mol. The number of likely N-dealkylation sites (N-methyl/N-ethyl adjacent to an activating group) is 1. The smallest absolute Gasteiger partial charge is 0.410 e. The molecule has 2 aliphatic heterocycles. The molecule has 0 aliphatic carbocycles. The van der Waals surface area contributed by atoms with Crippen molar-refractivity contribution in [3.63, 3.8) is 0 Å². The lowest BCUT2D eigenvalue weighted by Crippen LogP contribution is -2.55. The van der Waals surface area contributed by atoms with Crippen molar-refractivity contribution in [3.05, 3.63) is 24.3 Å². The van der Waals surface area contributed by atoms with E-state index in [1.54, 1.807) is 27.7 Å². The zero-order chi connectivity index (χ0) is 40.2. The molecule has 2 saturated heterocycles. The van der Waals surface area contributed by atoms with Gasteiger partial charge in [-0.2, -0.15) is 0 Å². The number of nitrogens with one attached hydrogen (secondary N) is 5. The zero-order valence-corrected chi connectivity index (χ0v) is 31.4. The third-order valence-electron chi connectivity index (χ3n) is 8.49. The van der Waals surface area contributed by atoms with Crippen LogP contribution in [0.1, 0.15) is 63.9 Å². The second-order valence-electron chi connectivity index (χ2n) is 14.1. The van der Waals surface area contributed by atoms with Gasteiger partial charge in [-0.05, 0) is 40.0 Å². The normalized spacial score (nSPS) is 18.5. The second-order valence-corrected chi connectivity index (χ2v) is 14.1. The van der Waals surface area contributed by atoms with Gasteiger partial charge in [0.25, 0.3) is 11.8 Å². The minimum absolute atomic E-state index is 0.0157. The number of hydrogen-bond donors (Lipinski definition) is 5. The highest BCUT2D eigenvalue weighted by Gasteiger charge is 2.45. The Balaban J connectivity index is 1.69. The van der Waals surface area contributed by atoms with Gasteiger partial charge in [0, 0.05) is 46.1 Å². The average Bonchev–Trinajstić information content (AvgIpc) is 3.79. The summed E-state index contributed by atoms with van der Waals surface area (Å²) in [7, 11) is 3.02. The second kappa shape index (κ2) is 19.4. The van der Waals surface area contributed by atoms with Crippen molar-refractivity contribution in [2.24, 2.45) is 5.92 Å². The molecule has 0 aromatic carbocycles. The van der Waals surface area contributed by atoms with Gasteiger partial charge in [-0.15, -0.1) is 0 Å². The number of aromatic nitrogens is 2. The predicted octanol–water partition coefficient (Wildman–Crippen LogP) is -2.28. The number of likely N-dealkylation sites (tertiary alicyclic amines) is 2. The van der Waals surface area contributed by atoms with Crippen LogP contribution in [0.2, 0.25) is 0 Å². The molecule has 0 radical (unpaired) electrons. The summed E-state index contributed by atoms with van der Waals surface area (Å²) >= 11 is 0. The van der Waals surface area contributed by atoms with Gasteiger partial charge in [0.15, 0.2) is 0 Å². The molecule has 3 heterocycles. The molecule has 8 amide bonds. The van der Waals surface area contributed by atoms with E-state index >= 15 is 0 Å². The summed E-state index contributed by atoms with van der Waals surface area (Å²) in [6, 6.07) is -3.20. The minimum Gasteiger partial charge on any atom is -0.444 e. The van der Waals surface area contributed by atoms with Crippen LogP contribution in [0.5, 0.6) is 0 Å². The number of ketones is 1. The van der Waals surface area contributed by atoms with Crippen LogP contribution in [0, 0.1) is 5.92 Å². The Morgan fingerprint density at radius 3 is 2.30 bits per heavy atom. The summed E-state index contributed by atoms with van der Waals surface area (Å²) in [6.07, 6.45) is 4.49. The van der Waals surface area contributed by atoms with Gasteiger partial charge >= 0.3 is 6.09 Å². The number of carbonyl (C=O) groups excluding carboxylic acids is 9. The molecule has 2 fully saturated rings. The van der Waals surface area contributed by atoms with E-state index in [9.17, 15) is 43.2 Å². The van der Waals surface area contributed by atoms with Gasteiger partial charge in [-0.3, -0.25) is 43.3 Å². The molecular weight excluding hydrogens is 708 g/mol. The van der Waals surface area contributed by atoms with E-state index in [0.29, 0.717) is 19.3 Å². The lowest BCUT2D eigenvalue weighted by molar-refractivity contribution is -0.141. The highest BCUT2D eigenvalue weighted by atomic mass is 16.6. The van der Waals surface area contributed by atoms with Crippen molar-refractivity contribution in [1.29, 1.82) is 0 Å². The average molecular weight is 759 g/mol. The Hall–Kier alpha value is -5.69. The Kier molecular flexibility index (Phi) is 15.4. The van der Waals surface area contributed by atoms with Gasteiger partial charge in [0.2, 0.25) is 35.3 Å². The van der Waals surface area contributed by atoms with Crippen LogP contribution >= 0.6 is 0 Å². The Morgan fingerprint density at radius 2 is 1.67 bits per heavy atom. The topological polar surface area (TPSA) is 259 Å². The maximum atomic E-state index is 13.8. The lowest BCUT2D eigenvalue weighted by atomic mass is 9.99. The molecule has 0 bridgehead atoms. The standard InChI is InChI=1S/C34H50N10O10/c1-7-9-21(28(48)32(52)38-15-25(45)37-16-26(46)42(5)6)40-29(49)20-18-43(33(53)54-34(2,3)4)19-23(20)41-31(51)24-10-8-13-44(24)27(47)17-39-30(50)22-14-35-11-12-36-22/h11-12,14,20-21,23-24H,7-10,13,15-19H2,1-6H3,(H,37,45)(H,38,52)(H,39,50)(H,40,49)(H,41,51)/t20-,21+,23+,24+/m1/s1. The summed E-state index contributed by atoms with van der Waals surface area (Å²) in [4.78, 5) is 127. The fourth-order valence-electron chi connectivity index (χ4n) is 5.71. The number of ether oxygens (including phenoxy) is 1. The van der Waals surface area contributed by atoms with Crippen LogP contribution < -0.4 is 26.6 Å². The monoisotopic (exact) mass is 758 g/mol. The van der Waals surface area contributed by atoms with E-state index in [0.717, 1.165) is 0 Å². The van der Waals surface area contributed by atoms with Crippen molar-refractivity contribution in [1.82, 2.24) is 51.3 Å². The summed E-state index contributed by atoms with van der Waals surface area (Å²) in [5.74, 6) is -6.76. The SMILES string of the molecule is CCC[C@H](NC(=O)[C@@H]1CN(C(=O)OC(C)(C)C)C[C@@H]1NC(=O)[C@@H]1CCCN1C(=O)CNC(=O)c1cnccn1)C(=O)C(=O)NCC(=O)NCC(=O)N(C)C. The van der Waals surface area contributed by atoms with Crippen molar-refractivity contribution < 1.29 is 47.9 Å². The number of hydrogen-bond acceptors (Lipinski definition) is 12. The molecule has 0 unspecified atom stereocenters. The molecule has 5 N–H and O–H groups in total. The molecule has 4 atom stereocenters. The molecule has 20 nitrogen and oxygen atoms in total. The first-order valence-electron chi connectivity index (χ1n) is 17.6. The number of carbonyl (C=O) groups is 9. The van der Waals surface area contributed by atoms with Crippen molar-refractivity contribution >= 4 is 53.2 Å². The van der Waals surface area contributed by atoms with Crippen LogP contribution in [-0.2, 0) is 38.3 Å². The molecule has 3 rings (SSSR count). The number of Topliss-reactive ketones (excluding diaryl/α,β-unsaturated/α-hetero) is 1. The Bertz CT molecular complexity index is 1580. The van der Waals surface area contributed by atoms with E-state index in [-0.39, 0.29) is 44.2 Å². The van der Waals surface area contributed by atoms with Gasteiger partial charge in [-0.1, -0.05) is 13.3 Å². The quantitative estimate of drug-likeness (QED) is 0.119. The number of amides is 8. The maximum absolute atomic E-state index is 13.8. The van der Waals surface area contributed by atoms with E-state index < -0.39 is 90.1 Å². The molecule has 0 saturated carbocycles. The van der Waals surface area contributed by atoms with E-state index in [2.05, 4.69) is 36.6 Å². The van der Waals surface area contributed by atoms with Crippen LogP contribution in [0.15, 0.2) is 18.6 Å². The third kappa shape index (κ3) is 12.5. The van der Waals surface area contributed by atoms with E-state index in [1.165, 1.54) is 47.4 Å². The van der Waals surface area contributed by atoms with Gasteiger partial charge in [0.1, 0.15) is 17.3 Å². The van der Waals surface area contributed by atoms with Crippen molar-refractivity contribution in [2.45, 2.75) is 77.1 Å². The molecule has 54 heavy (non-hydrogen) atoms. The fourth-order valence-corrected chi connectivity index (χ4v) is 5.71. The largest absolute Gasteiger partial charge is 0.444 e. The van der Waals surface area contributed by atoms with Crippen molar-refractivity contribution in [2.75, 3.05) is 53.4 Å². The zero-order valence-electron chi connectivity index (χ0n) is 31.4. The molecule has 296 valence electrons. The van der Waals surface area contributed by atoms with Crippen LogP contribution in [-0.4, -0.2) is 155 Å². The first-order valence-corrected chi connectivity index (χ1v) is 17.6. The Labute approximate surface area is 312 Å². The van der Waals surface area contributed by atoms with E-state index in [1.807, 2.05) is 0 Å². The molecule has 2 aliphatic rings. The van der Waals surface area contributed by atoms with Gasteiger partial charge in [0.05, 0.1) is 43.8 Å². The van der Waals surface area contributed by atoms with Crippen LogP contribution in [0.4, 0.5) is 4.79 Å². The molecule has 1 aromatic heterocycles. The molecule has 20 heteroatoms. The lowest BCUT2D eigenvalue weighted by Gasteiger charge is -2.27. The minimum atomic E-state index is -1.30. The first-order chi connectivity index (χ1) is 25.4. The molecular formula is C34H50N10O10. The van der Waals surface area contributed by atoms with Crippen LogP contribution in [0.3, 0.4) is 0 Å². The Morgan fingerprint density at radius 1 is 0.944 bits per heavy atom. The third-order valence-corrected chi connectivity index (χ3v) is 8.49. The summed E-state index contributed by atoms with van der Waals surface area (Å²) in [6.45, 7) is 5.37. The number of rotatable bonds is 15. The summed E-state index contributed by atoms with van der Waals surface area (Å²) < 4.78 is 5.49. The summed E-state index contributed by atoms with van der Waals surface area (Å²) in [5, 5.41) is 12.4. The molecule has 0 spiro atoms. The number of nitrogens with zero attached hydrogens (tertiary/aromatic N) is 5. The summed E-state index contributed by atoms with van der Waals surface area (Å²) in [5.41, 5.74) is -0.851. The van der Waals surface area contributed by atoms with E-state index in [4.69, 9.17) is 4.74 Å². The highest BCUT2D eigenvalue weighted by Crippen LogP contribution is 2.23. The van der Waals surface area contributed by atoms with Gasteiger partial charge in [-0.25, -0.2) is 9.78 Å². The van der Waals surface area contributed by atoms with Crippen molar-refractivity contribution in [3.8, 4) is 0 Å². The fraction of sp³-hybridized carbons (Fsp3) is 0.618. The molecule has 1 aromatic rings.